The fraction of sp³-hybridized carbons (Fsp3) is 0.333. The molecule has 5 rings (SSSR count). The molecule has 8 nitrogen and oxygen atoms in total. The van der Waals surface area contributed by atoms with Gasteiger partial charge in [0.05, 0.1) is 16.6 Å². The van der Waals surface area contributed by atoms with Crippen molar-refractivity contribution in [3.63, 3.8) is 0 Å². The molecule has 10 heteroatoms. The molecule has 3 amide bonds. The van der Waals surface area contributed by atoms with Crippen LogP contribution in [0.3, 0.4) is 0 Å². The number of esters is 1. The third kappa shape index (κ3) is 5.51. The number of nitrogens with zero attached hydrogens (tertiary/aromatic N) is 2. The van der Waals surface area contributed by atoms with Crippen molar-refractivity contribution < 1.29 is 23.9 Å². The van der Waals surface area contributed by atoms with Crippen LogP contribution in [-0.4, -0.2) is 45.1 Å². The maximum Gasteiger partial charge on any atom is 0.326 e. The van der Waals surface area contributed by atoms with Crippen LogP contribution in [0, 0.1) is 13.8 Å². The number of benzene rings is 1. The minimum atomic E-state index is -0.625. The van der Waals surface area contributed by atoms with Crippen molar-refractivity contribution in [2.45, 2.75) is 59.5 Å². The van der Waals surface area contributed by atoms with Crippen LogP contribution in [0.25, 0.3) is 11.1 Å². The first-order valence-corrected chi connectivity index (χ1v) is 14.9. The molecule has 1 N–H and O–H groups in total. The summed E-state index contributed by atoms with van der Waals surface area (Å²) in [6.07, 6.45) is 5.31. The van der Waals surface area contributed by atoms with Gasteiger partial charge < -0.3 is 14.6 Å². The van der Waals surface area contributed by atoms with Crippen LogP contribution in [0.5, 0.6) is 0 Å². The Kier molecular flexibility index (Phi) is 8.00. The number of ether oxygens (including phenoxy) is 1. The predicted octanol–water partition coefficient (Wildman–Crippen LogP) is 6.27. The number of aryl methyl sites for hydroxylation is 2. The summed E-state index contributed by atoms with van der Waals surface area (Å²) in [5, 5.41) is 3.42. The van der Waals surface area contributed by atoms with Crippen molar-refractivity contribution in [1.82, 2.24) is 9.47 Å². The summed E-state index contributed by atoms with van der Waals surface area (Å²) in [7, 11) is 0. The van der Waals surface area contributed by atoms with Gasteiger partial charge in [0.1, 0.15) is 11.5 Å². The smallest absolute Gasteiger partial charge is 0.326 e. The molecule has 0 radical (unpaired) electrons. The van der Waals surface area contributed by atoms with Crippen LogP contribution in [0.1, 0.15) is 64.4 Å². The molecular formula is C30H31N3O5S2. The first-order valence-electron chi connectivity index (χ1n) is 13.3. The lowest BCUT2D eigenvalue weighted by Crippen LogP contribution is -2.35. The van der Waals surface area contributed by atoms with Gasteiger partial charge in [-0.3, -0.25) is 24.1 Å². The molecule has 1 aliphatic carbocycles. The zero-order valence-electron chi connectivity index (χ0n) is 22.9. The first-order chi connectivity index (χ1) is 19.1. The monoisotopic (exact) mass is 577 g/mol. The minimum Gasteiger partial charge on any atom is -0.462 e. The fourth-order valence-corrected chi connectivity index (χ4v) is 7.44. The van der Waals surface area contributed by atoms with E-state index >= 15 is 0 Å². The summed E-state index contributed by atoms with van der Waals surface area (Å²) >= 11 is 2.46. The second kappa shape index (κ2) is 11.5. The van der Waals surface area contributed by atoms with E-state index in [2.05, 4.69) is 9.88 Å². The molecule has 0 atom stereocenters. The van der Waals surface area contributed by atoms with Gasteiger partial charge in [-0.1, -0.05) is 18.2 Å². The highest BCUT2D eigenvalue weighted by atomic mass is 32.2. The number of para-hydroxylation sites is 1. The molecular weight excluding hydrogens is 546 g/mol. The van der Waals surface area contributed by atoms with Crippen LogP contribution in [-0.2, 0) is 27.2 Å². The zero-order chi connectivity index (χ0) is 28.6. The maximum atomic E-state index is 13.7. The van der Waals surface area contributed by atoms with Crippen LogP contribution in [0.2, 0.25) is 0 Å². The largest absolute Gasteiger partial charge is 0.462 e. The molecule has 1 aliphatic heterocycles. The van der Waals surface area contributed by atoms with Crippen molar-refractivity contribution in [2.24, 2.45) is 0 Å². The van der Waals surface area contributed by atoms with E-state index in [1.54, 1.807) is 31.3 Å². The molecule has 40 heavy (non-hydrogen) atoms. The predicted molar refractivity (Wildman–Crippen MR) is 158 cm³/mol. The van der Waals surface area contributed by atoms with Gasteiger partial charge in [-0.15, -0.1) is 11.3 Å². The Hall–Kier alpha value is -3.63. The van der Waals surface area contributed by atoms with E-state index in [0.29, 0.717) is 5.56 Å². The van der Waals surface area contributed by atoms with E-state index in [1.807, 2.05) is 50.2 Å². The molecule has 3 heterocycles. The number of aromatic nitrogens is 1. The highest BCUT2D eigenvalue weighted by Gasteiger charge is 2.37. The minimum absolute atomic E-state index is 0.135. The molecule has 1 aromatic carbocycles. The number of hydrogen-bond acceptors (Lipinski definition) is 7. The molecule has 0 spiro atoms. The number of thiophene rings is 1. The van der Waals surface area contributed by atoms with Gasteiger partial charge in [0.15, 0.2) is 0 Å². The SMILES string of the molecule is Cc1cc(/C=C2/SC(=O)N(CC(=O)OC(C)C)C2=O)c(C)n1-c1sc2c(c1C(=O)Nc1ccccc1)CCCC2. The van der Waals surface area contributed by atoms with Gasteiger partial charge >= 0.3 is 5.97 Å². The molecule has 1 saturated heterocycles. The van der Waals surface area contributed by atoms with E-state index in [1.165, 1.54) is 4.88 Å². The summed E-state index contributed by atoms with van der Waals surface area (Å²) in [6, 6.07) is 11.4. The Labute approximate surface area is 241 Å². The van der Waals surface area contributed by atoms with Crippen molar-refractivity contribution in [2.75, 3.05) is 11.9 Å². The van der Waals surface area contributed by atoms with Crippen LogP contribution in [0.15, 0.2) is 41.3 Å². The number of nitrogens with one attached hydrogen (secondary N) is 1. The van der Waals surface area contributed by atoms with E-state index < -0.39 is 23.7 Å². The van der Waals surface area contributed by atoms with Crippen molar-refractivity contribution >= 4 is 57.9 Å². The lowest BCUT2D eigenvalue weighted by molar-refractivity contribution is -0.149. The van der Waals surface area contributed by atoms with Crippen molar-refractivity contribution in [3.05, 3.63) is 74.3 Å². The van der Waals surface area contributed by atoms with E-state index in [0.717, 1.165) is 75.5 Å². The number of imide groups is 1. The quantitative estimate of drug-likeness (QED) is 0.262. The average Bonchev–Trinajstić information content (AvgIpc) is 3.50. The number of hydrogen-bond donors (Lipinski definition) is 1. The summed E-state index contributed by atoms with van der Waals surface area (Å²) in [5.74, 6) is -1.28. The maximum absolute atomic E-state index is 13.7. The second-order valence-electron chi connectivity index (χ2n) is 10.2. The van der Waals surface area contributed by atoms with Gasteiger partial charge in [0.25, 0.3) is 17.1 Å². The second-order valence-corrected chi connectivity index (χ2v) is 12.3. The summed E-state index contributed by atoms with van der Waals surface area (Å²) in [5.41, 5.74) is 5.09. The van der Waals surface area contributed by atoms with Gasteiger partial charge in [-0.25, -0.2) is 0 Å². The molecule has 208 valence electrons. The summed E-state index contributed by atoms with van der Waals surface area (Å²) in [4.78, 5) is 53.7. The Bertz CT molecular complexity index is 1530. The first kappa shape index (κ1) is 27.9. The molecule has 3 aromatic rings. The molecule has 0 unspecified atom stereocenters. The number of thioether (sulfide) groups is 1. The Morgan fingerprint density at radius 1 is 1.10 bits per heavy atom. The number of amides is 3. The molecule has 0 bridgehead atoms. The van der Waals surface area contributed by atoms with E-state index in [4.69, 9.17) is 4.74 Å². The third-order valence-electron chi connectivity index (χ3n) is 6.90. The Morgan fingerprint density at radius 2 is 1.82 bits per heavy atom. The molecule has 1 fully saturated rings. The molecule has 2 aliphatic rings. The zero-order valence-corrected chi connectivity index (χ0v) is 24.5. The lowest BCUT2D eigenvalue weighted by atomic mass is 9.95. The number of anilines is 1. The molecule has 0 saturated carbocycles. The van der Waals surface area contributed by atoms with Crippen LogP contribution >= 0.6 is 23.1 Å². The highest BCUT2D eigenvalue weighted by molar-refractivity contribution is 8.18. The molecule has 2 aromatic heterocycles. The van der Waals surface area contributed by atoms with Crippen molar-refractivity contribution in [1.29, 1.82) is 0 Å². The van der Waals surface area contributed by atoms with Gasteiger partial charge in [0, 0.05) is 22.0 Å². The standard InChI is InChI=1S/C30H31N3O5S2/c1-17(2)38-25(34)16-32-28(36)24(40-30(32)37)15-20-14-18(3)33(19(20)4)29-26(22-12-8-9-13-23(22)39-29)27(35)31-21-10-6-5-7-11-21/h5-7,10-11,14-15,17H,8-9,12-13,16H2,1-4H3,(H,31,35)/b24-15+. The summed E-state index contributed by atoms with van der Waals surface area (Å²) < 4.78 is 7.17. The van der Waals surface area contributed by atoms with Crippen LogP contribution in [0.4, 0.5) is 10.5 Å². The summed E-state index contributed by atoms with van der Waals surface area (Å²) in [6.45, 7) is 6.92. The van der Waals surface area contributed by atoms with Crippen molar-refractivity contribution in [3.8, 4) is 5.00 Å². The van der Waals surface area contributed by atoms with E-state index in [-0.39, 0.29) is 16.9 Å². The number of carbonyl (C=O) groups is 4. The van der Waals surface area contributed by atoms with Gasteiger partial charge in [-0.2, -0.15) is 0 Å². The normalized spacial score (nSPS) is 16.1. The third-order valence-corrected chi connectivity index (χ3v) is 9.08. The van der Waals surface area contributed by atoms with Crippen LogP contribution < -0.4 is 5.32 Å². The Morgan fingerprint density at radius 3 is 2.55 bits per heavy atom. The fourth-order valence-electron chi connectivity index (χ4n) is 5.11. The highest BCUT2D eigenvalue weighted by Crippen LogP contribution is 2.40. The number of fused-ring (bicyclic) bond motifs is 1. The number of carbonyl (C=O) groups excluding carboxylic acids is 4. The average molecular weight is 578 g/mol. The van der Waals surface area contributed by atoms with Gasteiger partial charge in [-0.05, 0) is 101 Å². The number of rotatable bonds is 7. The lowest BCUT2D eigenvalue weighted by Gasteiger charge is -2.14. The topological polar surface area (TPSA) is 97.7 Å². The van der Waals surface area contributed by atoms with E-state index in [9.17, 15) is 19.2 Å². The Balaban J connectivity index is 1.49. The van der Waals surface area contributed by atoms with Gasteiger partial charge in [0.2, 0.25) is 0 Å².